The lowest BCUT2D eigenvalue weighted by Crippen LogP contribution is -2.38. The maximum atomic E-state index is 12.7. The predicted molar refractivity (Wildman–Crippen MR) is 91.5 cm³/mol. The highest BCUT2D eigenvalue weighted by Gasteiger charge is 2.30. The fourth-order valence-corrected chi connectivity index (χ4v) is 2.32. The smallest absolute Gasteiger partial charge is 0.416 e. The number of ether oxygens (including phenoxy) is 2. The monoisotopic (exact) mass is 367 g/mol. The Morgan fingerprint density at radius 1 is 1.15 bits per heavy atom. The Morgan fingerprint density at radius 3 is 2.54 bits per heavy atom. The van der Waals surface area contributed by atoms with E-state index in [9.17, 15) is 18.0 Å². The second-order valence-corrected chi connectivity index (χ2v) is 5.62. The highest BCUT2D eigenvalue weighted by molar-refractivity contribution is 5.97. The highest BCUT2D eigenvalue weighted by Crippen LogP contribution is 2.31. The molecule has 0 aromatic heterocycles. The molecular weight excluding hydrogens is 347 g/mol. The first kappa shape index (κ1) is 19.6. The van der Waals surface area contributed by atoms with Gasteiger partial charge in [-0.2, -0.15) is 13.2 Å². The van der Waals surface area contributed by atoms with Gasteiger partial charge in [0, 0.05) is 0 Å². The van der Waals surface area contributed by atoms with Crippen LogP contribution in [-0.2, 0) is 6.18 Å². The van der Waals surface area contributed by atoms with Crippen LogP contribution in [0, 0.1) is 0 Å². The van der Waals surface area contributed by atoms with Gasteiger partial charge >= 0.3 is 6.18 Å². The topological polar surface area (TPSA) is 47.6 Å². The van der Waals surface area contributed by atoms with Crippen molar-refractivity contribution in [1.29, 1.82) is 0 Å². The molecule has 0 saturated carbocycles. The molecule has 1 N–H and O–H groups in total. The van der Waals surface area contributed by atoms with Crippen molar-refractivity contribution in [3.8, 4) is 11.5 Å². The van der Waals surface area contributed by atoms with Crippen LogP contribution in [0.1, 0.15) is 29.3 Å². The Kier molecular flexibility index (Phi) is 6.49. The number of para-hydroxylation sites is 1. The molecule has 2 aromatic carbocycles. The van der Waals surface area contributed by atoms with E-state index in [0.717, 1.165) is 12.1 Å². The van der Waals surface area contributed by atoms with E-state index in [0.29, 0.717) is 17.7 Å². The van der Waals surface area contributed by atoms with E-state index in [-0.39, 0.29) is 24.3 Å². The van der Waals surface area contributed by atoms with Crippen molar-refractivity contribution in [1.82, 2.24) is 5.32 Å². The van der Waals surface area contributed by atoms with Crippen molar-refractivity contribution in [3.63, 3.8) is 0 Å². The van der Waals surface area contributed by atoms with Gasteiger partial charge in [-0.25, -0.2) is 0 Å². The van der Waals surface area contributed by atoms with Crippen LogP contribution in [0.5, 0.6) is 11.5 Å². The minimum absolute atomic E-state index is 0.0543. The minimum atomic E-state index is -4.43. The van der Waals surface area contributed by atoms with Crippen molar-refractivity contribution < 1.29 is 27.4 Å². The number of benzene rings is 2. The first-order valence-electron chi connectivity index (χ1n) is 8.09. The lowest BCUT2D eigenvalue weighted by atomic mass is 10.1. The molecule has 4 nitrogen and oxygen atoms in total. The van der Waals surface area contributed by atoms with Crippen LogP contribution in [0.3, 0.4) is 0 Å². The summed E-state index contributed by atoms with van der Waals surface area (Å²) in [6, 6.07) is 11.1. The molecule has 0 spiro atoms. The molecular formula is C19H20F3NO3. The summed E-state index contributed by atoms with van der Waals surface area (Å²) in [4.78, 5) is 12.4. The van der Waals surface area contributed by atoms with Crippen LogP contribution >= 0.6 is 0 Å². The molecule has 0 aliphatic carbocycles. The van der Waals surface area contributed by atoms with Gasteiger partial charge < -0.3 is 14.8 Å². The Hall–Kier alpha value is -2.70. The molecule has 0 radical (unpaired) electrons. The molecule has 0 fully saturated rings. The molecule has 0 heterocycles. The van der Waals surface area contributed by atoms with Gasteiger partial charge in [0.2, 0.25) is 0 Å². The van der Waals surface area contributed by atoms with Gasteiger partial charge in [-0.3, -0.25) is 4.79 Å². The van der Waals surface area contributed by atoms with Gasteiger partial charge in [-0.1, -0.05) is 25.1 Å². The summed E-state index contributed by atoms with van der Waals surface area (Å²) in [5.74, 6) is 0.213. The summed E-state index contributed by atoms with van der Waals surface area (Å²) >= 11 is 0. The second-order valence-electron chi connectivity index (χ2n) is 5.62. The second kappa shape index (κ2) is 8.60. The van der Waals surface area contributed by atoms with E-state index in [4.69, 9.17) is 9.47 Å². The molecule has 140 valence electrons. The average molecular weight is 367 g/mol. The fraction of sp³-hybridized carbons (Fsp3) is 0.316. The lowest BCUT2D eigenvalue weighted by molar-refractivity contribution is -0.137. The zero-order valence-corrected chi connectivity index (χ0v) is 14.5. The normalized spacial score (nSPS) is 12.3. The zero-order valence-electron chi connectivity index (χ0n) is 14.5. The number of carbonyl (C=O) groups excluding carboxylic acids is 1. The Morgan fingerprint density at radius 2 is 1.88 bits per heavy atom. The number of rotatable bonds is 7. The van der Waals surface area contributed by atoms with Crippen LogP contribution < -0.4 is 14.8 Å². The van der Waals surface area contributed by atoms with Crippen LogP contribution in [-0.4, -0.2) is 25.7 Å². The molecule has 0 aliphatic rings. The molecule has 0 aliphatic heterocycles. The van der Waals surface area contributed by atoms with Gasteiger partial charge in [0.15, 0.2) is 0 Å². The van der Waals surface area contributed by atoms with Crippen LogP contribution in [0.4, 0.5) is 13.2 Å². The minimum Gasteiger partial charge on any atom is -0.496 e. The average Bonchev–Trinajstić information content (AvgIpc) is 2.64. The third kappa shape index (κ3) is 5.15. The summed E-state index contributed by atoms with van der Waals surface area (Å²) in [6.45, 7) is 1.90. The zero-order chi connectivity index (χ0) is 19.2. The van der Waals surface area contributed by atoms with Gasteiger partial charge in [0.1, 0.15) is 18.1 Å². The van der Waals surface area contributed by atoms with E-state index in [1.54, 1.807) is 24.3 Å². The fourth-order valence-electron chi connectivity index (χ4n) is 2.32. The van der Waals surface area contributed by atoms with Crippen molar-refractivity contribution in [2.75, 3.05) is 13.7 Å². The van der Waals surface area contributed by atoms with Gasteiger partial charge in [0.05, 0.1) is 24.3 Å². The molecule has 2 rings (SSSR count). The summed E-state index contributed by atoms with van der Waals surface area (Å²) in [6.07, 6.45) is -3.87. The number of nitrogens with one attached hydrogen (secondary N) is 1. The van der Waals surface area contributed by atoms with Gasteiger partial charge in [0.25, 0.3) is 5.91 Å². The number of hydrogen-bond donors (Lipinski definition) is 1. The van der Waals surface area contributed by atoms with Crippen molar-refractivity contribution in [3.05, 3.63) is 59.7 Å². The van der Waals surface area contributed by atoms with Gasteiger partial charge in [-0.05, 0) is 36.8 Å². The Bertz CT molecular complexity index is 747. The Labute approximate surface area is 149 Å². The lowest BCUT2D eigenvalue weighted by Gasteiger charge is -2.19. The summed E-state index contributed by atoms with van der Waals surface area (Å²) in [7, 11) is 1.47. The number of carbonyl (C=O) groups is 1. The van der Waals surface area contributed by atoms with E-state index in [1.807, 2.05) is 6.92 Å². The van der Waals surface area contributed by atoms with Crippen molar-refractivity contribution in [2.45, 2.75) is 25.6 Å². The predicted octanol–water partition coefficient (Wildman–Crippen LogP) is 4.30. The molecule has 7 heteroatoms. The first-order valence-corrected chi connectivity index (χ1v) is 8.09. The van der Waals surface area contributed by atoms with E-state index in [1.165, 1.54) is 19.2 Å². The maximum Gasteiger partial charge on any atom is 0.416 e. The maximum absolute atomic E-state index is 12.7. The largest absolute Gasteiger partial charge is 0.496 e. The van der Waals surface area contributed by atoms with Gasteiger partial charge in [-0.15, -0.1) is 0 Å². The Balaban J connectivity index is 2.01. The summed E-state index contributed by atoms with van der Waals surface area (Å²) in [5, 5.41) is 2.81. The molecule has 0 bridgehead atoms. The van der Waals surface area contributed by atoms with Crippen LogP contribution in [0.25, 0.3) is 0 Å². The number of alkyl halides is 3. The molecule has 1 atom stereocenters. The molecule has 1 unspecified atom stereocenters. The standard InChI is InChI=1S/C19H20F3NO3/c1-3-14(23-18(24)16-9-4-5-10-17(16)25-2)12-26-15-8-6-7-13(11-15)19(20,21)22/h4-11,14H,3,12H2,1-2H3,(H,23,24). The quantitative estimate of drug-likeness (QED) is 0.794. The van der Waals surface area contributed by atoms with Crippen molar-refractivity contribution >= 4 is 5.91 Å². The van der Waals surface area contributed by atoms with Crippen LogP contribution in [0.15, 0.2) is 48.5 Å². The highest BCUT2D eigenvalue weighted by atomic mass is 19.4. The number of hydrogen-bond acceptors (Lipinski definition) is 3. The number of methoxy groups -OCH3 is 1. The van der Waals surface area contributed by atoms with E-state index in [2.05, 4.69) is 5.32 Å². The number of halogens is 3. The molecule has 1 amide bonds. The van der Waals surface area contributed by atoms with Crippen LogP contribution in [0.2, 0.25) is 0 Å². The van der Waals surface area contributed by atoms with E-state index < -0.39 is 11.7 Å². The third-order valence-electron chi connectivity index (χ3n) is 3.79. The number of amides is 1. The van der Waals surface area contributed by atoms with Crippen molar-refractivity contribution in [2.24, 2.45) is 0 Å². The summed E-state index contributed by atoms with van der Waals surface area (Å²) < 4.78 is 48.8. The van der Waals surface area contributed by atoms with E-state index >= 15 is 0 Å². The molecule has 0 saturated heterocycles. The SMILES string of the molecule is CCC(COc1cccc(C(F)(F)F)c1)NC(=O)c1ccccc1OC. The first-order chi connectivity index (χ1) is 12.3. The molecule has 2 aromatic rings. The summed E-state index contributed by atoms with van der Waals surface area (Å²) in [5.41, 5.74) is -0.395. The third-order valence-corrected chi connectivity index (χ3v) is 3.79. The molecule has 26 heavy (non-hydrogen) atoms.